The molecule has 6 nitrogen and oxygen atoms in total. The first-order chi connectivity index (χ1) is 12.6. The maximum absolute atomic E-state index is 13.1. The van der Waals surface area contributed by atoms with E-state index in [9.17, 15) is 4.79 Å². The van der Waals surface area contributed by atoms with Gasteiger partial charge in [-0.3, -0.25) is 4.79 Å². The van der Waals surface area contributed by atoms with Crippen LogP contribution in [0.15, 0.2) is 59.1 Å². The Morgan fingerprint density at radius 3 is 2.35 bits per heavy atom. The molecule has 1 aromatic heterocycles. The van der Waals surface area contributed by atoms with Crippen LogP contribution in [0.25, 0.3) is 11.4 Å². The van der Waals surface area contributed by atoms with Crippen LogP contribution in [0, 0.1) is 0 Å². The normalized spacial score (nSPS) is 12.0. The minimum Gasteiger partial charge on any atom is -0.341 e. The third-order valence-corrected chi connectivity index (χ3v) is 4.71. The summed E-state index contributed by atoms with van der Waals surface area (Å²) in [5.41, 5.74) is 1.69. The van der Waals surface area contributed by atoms with Crippen LogP contribution in [-0.2, 0) is 4.79 Å². The Morgan fingerprint density at radius 1 is 1.08 bits per heavy atom. The number of benzene rings is 2. The lowest BCUT2D eigenvalue weighted by atomic mass is 10.1. The van der Waals surface area contributed by atoms with E-state index in [1.165, 1.54) is 4.80 Å². The van der Waals surface area contributed by atoms with Crippen LogP contribution in [-0.4, -0.2) is 44.1 Å². The monoisotopic (exact) mass is 413 g/mol. The molecule has 26 heavy (non-hydrogen) atoms. The quantitative estimate of drug-likeness (QED) is 0.619. The minimum absolute atomic E-state index is 0.0408. The zero-order valence-electron chi connectivity index (χ0n) is 14.7. The van der Waals surface area contributed by atoms with Gasteiger partial charge in [-0.25, -0.2) is 0 Å². The minimum atomic E-state index is -0.632. The lowest BCUT2D eigenvalue weighted by Crippen LogP contribution is -2.38. The van der Waals surface area contributed by atoms with Crippen molar-refractivity contribution in [1.29, 1.82) is 0 Å². The number of hydrogen-bond acceptors (Lipinski definition) is 4. The lowest BCUT2D eigenvalue weighted by molar-refractivity contribution is -0.133. The Morgan fingerprint density at radius 2 is 1.73 bits per heavy atom. The summed E-state index contributed by atoms with van der Waals surface area (Å²) in [6.07, 6.45) is 0. The molecule has 0 N–H and O–H groups in total. The van der Waals surface area contributed by atoms with E-state index in [4.69, 9.17) is 0 Å². The third kappa shape index (κ3) is 3.83. The van der Waals surface area contributed by atoms with E-state index < -0.39 is 6.04 Å². The fourth-order valence-electron chi connectivity index (χ4n) is 2.77. The van der Waals surface area contributed by atoms with Gasteiger partial charge in [-0.15, -0.1) is 15.0 Å². The van der Waals surface area contributed by atoms with Gasteiger partial charge < -0.3 is 4.90 Å². The number of carbonyl (C=O) groups excluding carboxylic acids is 1. The van der Waals surface area contributed by atoms with Gasteiger partial charge in [-0.05, 0) is 48.9 Å². The highest BCUT2D eigenvalue weighted by atomic mass is 79.9. The standard InChI is InChI=1S/C19H20BrN5O/c1-3-24(4-2)19(26)17(14-8-6-5-7-9-14)25-22-18(21-23-25)15-10-12-16(20)13-11-15/h5-13,17H,3-4H2,1-2H3/t17-/m1/s1. The second kappa shape index (κ2) is 8.23. The maximum Gasteiger partial charge on any atom is 0.253 e. The van der Waals surface area contributed by atoms with Gasteiger partial charge in [-0.1, -0.05) is 46.3 Å². The Hall–Kier alpha value is -2.54. The fourth-order valence-corrected chi connectivity index (χ4v) is 3.03. The molecule has 0 saturated heterocycles. The molecule has 0 bridgehead atoms. The first-order valence-electron chi connectivity index (χ1n) is 8.53. The largest absolute Gasteiger partial charge is 0.341 e. The first kappa shape index (κ1) is 18.3. The molecule has 1 amide bonds. The molecular formula is C19H20BrN5O. The van der Waals surface area contributed by atoms with Crippen molar-refractivity contribution in [3.8, 4) is 11.4 Å². The highest BCUT2D eigenvalue weighted by Crippen LogP contribution is 2.22. The van der Waals surface area contributed by atoms with Gasteiger partial charge in [0.05, 0.1) is 0 Å². The van der Waals surface area contributed by atoms with Crippen LogP contribution in [0.5, 0.6) is 0 Å². The summed E-state index contributed by atoms with van der Waals surface area (Å²) in [6, 6.07) is 16.6. The summed E-state index contributed by atoms with van der Waals surface area (Å²) in [5, 5.41) is 12.8. The zero-order valence-corrected chi connectivity index (χ0v) is 16.3. The van der Waals surface area contributed by atoms with Gasteiger partial charge in [0, 0.05) is 23.1 Å². The topological polar surface area (TPSA) is 63.9 Å². The molecule has 0 aliphatic carbocycles. The highest BCUT2D eigenvalue weighted by molar-refractivity contribution is 9.10. The summed E-state index contributed by atoms with van der Waals surface area (Å²) >= 11 is 3.42. The molecule has 134 valence electrons. The summed E-state index contributed by atoms with van der Waals surface area (Å²) in [6.45, 7) is 5.19. The lowest BCUT2D eigenvalue weighted by Gasteiger charge is -2.24. The van der Waals surface area contributed by atoms with E-state index in [1.54, 1.807) is 4.90 Å². The Labute approximate surface area is 161 Å². The predicted molar refractivity (Wildman–Crippen MR) is 103 cm³/mol. The number of aromatic nitrogens is 4. The molecule has 0 unspecified atom stereocenters. The van der Waals surface area contributed by atoms with Crippen molar-refractivity contribution in [1.82, 2.24) is 25.1 Å². The van der Waals surface area contributed by atoms with Crippen molar-refractivity contribution in [2.45, 2.75) is 19.9 Å². The Balaban J connectivity index is 2.00. The zero-order chi connectivity index (χ0) is 18.5. The van der Waals surface area contributed by atoms with E-state index in [0.29, 0.717) is 18.9 Å². The maximum atomic E-state index is 13.1. The molecule has 7 heteroatoms. The smallest absolute Gasteiger partial charge is 0.253 e. The molecule has 1 atom stereocenters. The van der Waals surface area contributed by atoms with Crippen LogP contribution in [0.3, 0.4) is 0 Å². The van der Waals surface area contributed by atoms with Crippen molar-refractivity contribution in [2.24, 2.45) is 0 Å². The number of likely N-dealkylation sites (N-methyl/N-ethyl adjacent to an activating group) is 1. The van der Waals surface area contributed by atoms with E-state index >= 15 is 0 Å². The summed E-state index contributed by atoms with van der Waals surface area (Å²) < 4.78 is 0.979. The number of carbonyl (C=O) groups is 1. The molecule has 0 saturated carbocycles. The molecule has 2 aromatic carbocycles. The van der Waals surface area contributed by atoms with Crippen LogP contribution in [0.4, 0.5) is 0 Å². The van der Waals surface area contributed by atoms with Gasteiger partial charge in [0.25, 0.3) is 5.91 Å². The second-order valence-corrected chi connectivity index (χ2v) is 6.68. The van der Waals surface area contributed by atoms with Crippen LogP contribution >= 0.6 is 15.9 Å². The highest BCUT2D eigenvalue weighted by Gasteiger charge is 2.28. The third-order valence-electron chi connectivity index (χ3n) is 4.19. The van der Waals surface area contributed by atoms with Gasteiger partial charge in [0.15, 0.2) is 6.04 Å². The number of tetrazole rings is 1. The summed E-state index contributed by atoms with van der Waals surface area (Å²) in [5.74, 6) is 0.451. The molecule has 1 heterocycles. The van der Waals surface area contributed by atoms with Crippen LogP contribution in [0.2, 0.25) is 0 Å². The van der Waals surface area contributed by atoms with Crippen molar-refractivity contribution >= 4 is 21.8 Å². The Kier molecular flexibility index (Phi) is 5.78. The predicted octanol–water partition coefficient (Wildman–Crippen LogP) is 3.56. The van der Waals surface area contributed by atoms with Gasteiger partial charge in [0.1, 0.15) is 0 Å². The van der Waals surface area contributed by atoms with E-state index in [0.717, 1.165) is 15.6 Å². The molecule has 0 radical (unpaired) electrons. The van der Waals surface area contributed by atoms with Crippen molar-refractivity contribution in [2.75, 3.05) is 13.1 Å². The van der Waals surface area contributed by atoms with Gasteiger partial charge in [-0.2, -0.15) is 0 Å². The molecule has 0 aliphatic rings. The van der Waals surface area contributed by atoms with E-state index in [-0.39, 0.29) is 5.91 Å². The summed E-state index contributed by atoms with van der Waals surface area (Å²) in [7, 11) is 0. The summed E-state index contributed by atoms with van der Waals surface area (Å²) in [4.78, 5) is 16.3. The van der Waals surface area contributed by atoms with Crippen molar-refractivity contribution in [3.05, 3.63) is 64.6 Å². The molecular weight excluding hydrogens is 394 g/mol. The van der Waals surface area contributed by atoms with E-state index in [1.807, 2.05) is 68.4 Å². The molecule has 0 spiro atoms. The SMILES string of the molecule is CCN(CC)C(=O)[C@@H](c1ccccc1)n1nnc(-c2ccc(Br)cc2)n1. The average molecular weight is 414 g/mol. The van der Waals surface area contributed by atoms with E-state index in [2.05, 4.69) is 31.3 Å². The number of amides is 1. The van der Waals surface area contributed by atoms with Crippen molar-refractivity contribution < 1.29 is 4.79 Å². The van der Waals surface area contributed by atoms with Gasteiger partial charge in [0.2, 0.25) is 5.82 Å². The van der Waals surface area contributed by atoms with Crippen LogP contribution < -0.4 is 0 Å². The van der Waals surface area contributed by atoms with Crippen molar-refractivity contribution in [3.63, 3.8) is 0 Å². The molecule has 3 aromatic rings. The number of halogens is 1. The number of rotatable bonds is 6. The molecule has 0 fully saturated rings. The fraction of sp³-hybridized carbons (Fsp3) is 0.263. The molecule has 0 aliphatic heterocycles. The number of nitrogens with zero attached hydrogens (tertiary/aromatic N) is 5. The van der Waals surface area contributed by atoms with Gasteiger partial charge >= 0.3 is 0 Å². The number of hydrogen-bond donors (Lipinski definition) is 0. The first-order valence-corrected chi connectivity index (χ1v) is 9.32. The van der Waals surface area contributed by atoms with Crippen LogP contribution in [0.1, 0.15) is 25.5 Å². The average Bonchev–Trinajstić information content (AvgIpc) is 3.14. The Bertz CT molecular complexity index is 859. The molecule has 3 rings (SSSR count). The second-order valence-electron chi connectivity index (χ2n) is 5.76.